The largest absolute Gasteiger partial charge is 0.348 e. The van der Waals surface area contributed by atoms with Gasteiger partial charge in [-0.25, -0.2) is 4.39 Å². The van der Waals surface area contributed by atoms with Crippen molar-refractivity contribution in [3.05, 3.63) is 28.5 Å². The average Bonchev–Trinajstić information content (AvgIpc) is 2.56. The number of likely N-dealkylation sites (tertiary alicyclic amines) is 1. The first kappa shape index (κ1) is 20.8. The first-order valence-corrected chi connectivity index (χ1v) is 9.91. The van der Waals surface area contributed by atoms with E-state index in [-0.39, 0.29) is 0 Å². The van der Waals surface area contributed by atoms with Crippen LogP contribution in [0.1, 0.15) is 33.1 Å². The molecule has 26 heavy (non-hydrogen) atoms. The fourth-order valence-electron chi connectivity index (χ4n) is 3.49. The van der Waals surface area contributed by atoms with Crippen LogP contribution in [0.5, 0.6) is 0 Å². The predicted molar refractivity (Wildman–Crippen MR) is 104 cm³/mol. The summed E-state index contributed by atoms with van der Waals surface area (Å²) in [5, 5.41) is 5.10. The van der Waals surface area contributed by atoms with Gasteiger partial charge >= 0.3 is 11.8 Å². The van der Waals surface area contributed by atoms with E-state index in [9.17, 15) is 14.0 Å². The Morgan fingerprint density at radius 2 is 1.88 bits per heavy atom. The van der Waals surface area contributed by atoms with E-state index in [4.69, 9.17) is 0 Å². The van der Waals surface area contributed by atoms with Gasteiger partial charge in [-0.05, 0) is 71.8 Å². The molecule has 1 saturated heterocycles. The molecule has 0 radical (unpaired) electrons. The highest BCUT2D eigenvalue weighted by Crippen LogP contribution is 2.23. The standard InChI is InChI=1S/C19H27BrFN3O2/c1-13-9-14(2)12-24(11-13)8-4-3-7-22-18(25)19(26)23-17-6-5-15(21)10-16(17)20/h5-6,10,13-14H,3-4,7-9,11-12H2,1-2H3,(H,22,25)(H,23,26)/t13-,14-/m1/s1. The zero-order chi connectivity index (χ0) is 19.1. The topological polar surface area (TPSA) is 61.4 Å². The van der Waals surface area contributed by atoms with Gasteiger partial charge in [-0.3, -0.25) is 9.59 Å². The van der Waals surface area contributed by atoms with Crippen molar-refractivity contribution in [3.8, 4) is 0 Å². The SMILES string of the molecule is C[C@@H]1C[C@@H](C)CN(CCCCNC(=O)C(=O)Nc2ccc(F)cc2Br)C1. The molecule has 2 atom stereocenters. The van der Waals surface area contributed by atoms with Gasteiger partial charge in [-0.15, -0.1) is 0 Å². The number of piperidine rings is 1. The van der Waals surface area contributed by atoms with Gasteiger partial charge in [0.15, 0.2) is 0 Å². The number of halogens is 2. The third-order valence-corrected chi connectivity index (χ3v) is 5.17. The summed E-state index contributed by atoms with van der Waals surface area (Å²) in [6, 6.07) is 3.86. The Hall–Kier alpha value is -1.47. The van der Waals surface area contributed by atoms with Crippen LogP contribution in [-0.4, -0.2) is 42.9 Å². The van der Waals surface area contributed by atoms with E-state index < -0.39 is 17.6 Å². The molecule has 5 nitrogen and oxygen atoms in total. The van der Waals surface area contributed by atoms with Crippen molar-refractivity contribution in [1.29, 1.82) is 0 Å². The minimum Gasteiger partial charge on any atom is -0.348 e. The molecular formula is C19H27BrFN3O2. The Kier molecular flexibility index (Phi) is 8.03. The summed E-state index contributed by atoms with van der Waals surface area (Å²) in [4.78, 5) is 26.2. The summed E-state index contributed by atoms with van der Waals surface area (Å²) >= 11 is 3.15. The fourth-order valence-corrected chi connectivity index (χ4v) is 3.94. The van der Waals surface area contributed by atoms with Crippen LogP contribution in [0.4, 0.5) is 10.1 Å². The second kappa shape index (κ2) is 10.0. The van der Waals surface area contributed by atoms with Crippen molar-refractivity contribution < 1.29 is 14.0 Å². The molecule has 2 N–H and O–H groups in total. The summed E-state index contributed by atoms with van der Waals surface area (Å²) in [7, 11) is 0. The Bertz CT molecular complexity index is 631. The van der Waals surface area contributed by atoms with Gasteiger partial charge in [0.2, 0.25) is 0 Å². The first-order chi connectivity index (χ1) is 12.3. The van der Waals surface area contributed by atoms with E-state index in [2.05, 4.69) is 45.3 Å². The summed E-state index contributed by atoms with van der Waals surface area (Å²) < 4.78 is 13.4. The Labute approximate surface area is 162 Å². The van der Waals surface area contributed by atoms with E-state index in [0.717, 1.165) is 44.3 Å². The second-order valence-corrected chi connectivity index (χ2v) is 8.10. The first-order valence-electron chi connectivity index (χ1n) is 9.11. The minimum absolute atomic E-state index is 0.361. The highest BCUT2D eigenvalue weighted by atomic mass is 79.9. The maximum atomic E-state index is 13.0. The van der Waals surface area contributed by atoms with Crippen LogP contribution in [0, 0.1) is 17.7 Å². The number of nitrogens with one attached hydrogen (secondary N) is 2. The number of carbonyl (C=O) groups is 2. The third-order valence-electron chi connectivity index (χ3n) is 4.52. The van der Waals surface area contributed by atoms with Crippen LogP contribution in [-0.2, 0) is 9.59 Å². The highest BCUT2D eigenvalue weighted by Gasteiger charge is 2.21. The van der Waals surface area contributed by atoms with Gasteiger partial charge in [0.1, 0.15) is 5.82 Å². The van der Waals surface area contributed by atoms with Gasteiger partial charge in [0.25, 0.3) is 0 Å². The van der Waals surface area contributed by atoms with E-state index in [0.29, 0.717) is 16.7 Å². The van der Waals surface area contributed by atoms with Crippen molar-refractivity contribution in [2.24, 2.45) is 11.8 Å². The number of anilines is 1. The van der Waals surface area contributed by atoms with Crippen molar-refractivity contribution in [2.75, 3.05) is 31.5 Å². The van der Waals surface area contributed by atoms with Gasteiger partial charge in [-0.2, -0.15) is 0 Å². The lowest BCUT2D eigenvalue weighted by Crippen LogP contribution is -2.39. The van der Waals surface area contributed by atoms with Crippen molar-refractivity contribution in [1.82, 2.24) is 10.2 Å². The molecule has 7 heteroatoms. The molecule has 2 amide bonds. The molecule has 2 rings (SSSR count). The summed E-state index contributed by atoms with van der Waals surface area (Å²) in [5.74, 6) is -0.366. The van der Waals surface area contributed by atoms with Gasteiger partial charge in [0.05, 0.1) is 5.69 Å². The van der Waals surface area contributed by atoms with Crippen LogP contribution < -0.4 is 10.6 Å². The van der Waals surface area contributed by atoms with Gasteiger partial charge < -0.3 is 15.5 Å². The minimum atomic E-state index is -0.754. The average molecular weight is 428 g/mol. The number of rotatable bonds is 6. The maximum Gasteiger partial charge on any atom is 0.313 e. The molecule has 0 unspecified atom stereocenters. The van der Waals surface area contributed by atoms with Crippen LogP contribution in [0.2, 0.25) is 0 Å². The molecule has 1 aliphatic rings. The Morgan fingerprint density at radius 1 is 1.19 bits per heavy atom. The number of amides is 2. The monoisotopic (exact) mass is 427 g/mol. The molecule has 0 bridgehead atoms. The van der Waals surface area contributed by atoms with Crippen LogP contribution >= 0.6 is 15.9 Å². The number of unbranched alkanes of at least 4 members (excludes halogenated alkanes) is 1. The molecule has 0 aromatic heterocycles. The zero-order valence-electron chi connectivity index (χ0n) is 15.4. The Morgan fingerprint density at radius 3 is 2.54 bits per heavy atom. The fraction of sp³-hybridized carbons (Fsp3) is 0.579. The normalized spacial score (nSPS) is 20.6. The number of benzene rings is 1. The van der Waals surface area contributed by atoms with E-state index in [1.54, 1.807) is 0 Å². The van der Waals surface area contributed by atoms with E-state index >= 15 is 0 Å². The van der Waals surface area contributed by atoms with Crippen molar-refractivity contribution >= 4 is 33.4 Å². The number of hydrogen-bond donors (Lipinski definition) is 2. The molecule has 1 aromatic carbocycles. The lowest BCUT2D eigenvalue weighted by molar-refractivity contribution is -0.136. The molecule has 1 heterocycles. The predicted octanol–water partition coefficient (Wildman–Crippen LogP) is 3.40. The molecule has 0 spiro atoms. The number of hydrogen-bond acceptors (Lipinski definition) is 3. The molecule has 1 fully saturated rings. The quantitative estimate of drug-likeness (QED) is 0.540. The lowest BCUT2D eigenvalue weighted by Gasteiger charge is -2.34. The van der Waals surface area contributed by atoms with Crippen LogP contribution in [0.25, 0.3) is 0 Å². The van der Waals surface area contributed by atoms with Crippen LogP contribution in [0.15, 0.2) is 22.7 Å². The molecule has 1 aliphatic heterocycles. The summed E-state index contributed by atoms with van der Waals surface area (Å²) in [5.41, 5.74) is 0.361. The summed E-state index contributed by atoms with van der Waals surface area (Å²) in [6.07, 6.45) is 3.12. The maximum absolute atomic E-state index is 13.0. The van der Waals surface area contributed by atoms with Gasteiger partial charge in [-0.1, -0.05) is 13.8 Å². The van der Waals surface area contributed by atoms with Gasteiger partial charge in [0, 0.05) is 24.1 Å². The zero-order valence-corrected chi connectivity index (χ0v) is 16.9. The molecule has 0 saturated carbocycles. The second-order valence-electron chi connectivity index (χ2n) is 7.25. The lowest BCUT2D eigenvalue weighted by atomic mass is 9.92. The molecular weight excluding hydrogens is 401 g/mol. The molecule has 144 valence electrons. The Balaban J connectivity index is 1.64. The summed E-state index contributed by atoms with van der Waals surface area (Å²) in [6.45, 7) is 8.37. The molecule has 0 aliphatic carbocycles. The van der Waals surface area contributed by atoms with E-state index in [1.807, 2.05) is 0 Å². The smallest absolute Gasteiger partial charge is 0.313 e. The van der Waals surface area contributed by atoms with Crippen molar-refractivity contribution in [2.45, 2.75) is 33.1 Å². The van der Waals surface area contributed by atoms with Crippen molar-refractivity contribution in [3.63, 3.8) is 0 Å². The molecule has 1 aromatic rings. The number of carbonyl (C=O) groups excluding carboxylic acids is 2. The number of nitrogens with zero attached hydrogens (tertiary/aromatic N) is 1. The van der Waals surface area contributed by atoms with E-state index in [1.165, 1.54) is 24.6 Å². The third kappa shape index (κ3) is 6.68. The van der Waals surface area contributed by atoms with Crippen LogP contribution in [0.3, 0.4) is 0 Å². The highest BCUT2D eigenvalue weighted by molar-refractivity contribution is 9.10.